The molecule has 2 amide bonds. The molecule has 0 aliphatic carbocycles. The predicted octanol–water partition coefficient (Wildman–Crippen LogP) is 2.15. The van der Waals surface area contributed by atoms with Crippen molar-refractivity contribution in [2.45, 2.75) is 46.6 Å². The van der Waals surface area contributed by atoms with Crippen molar-refractivity contribution in [3.63, 3.8) is 0 Å². The maximum absolute atomic E-state index is 12.7. The van der Waals surface area contributed by atoms with Crippen molar-refractivity contribution in [1.29, 1.82) is 5.26 Å². The van der Waals surface area contributed by atoms with E-state index in [2.05, 4.69) is 11.5 Å². The number of likely N-dealkylation sites (tertiary alicyclic amines) is 1. The van der Waals surface area contributed by atoms with Gasteiger partial charge in [-0.15, -0.1) is 0 Å². The van der Waals surface area contributed by atoms with E-state index in [1.54, 1.807) is 11.0 Å². The highest BCUT2D eigenvalue weighted by molar-refractivity contribution is 6.02. The van der Waals surface area contributed by atoms with Gasteiger partial charge in [-0.3, -0.25) is 9.59 Å². The summed E-state index contributed by atoms with van der Waals surface area (Å²) in [6.07, 6.45) is 3.82. The molecule has 2 heterocycles. The van der Waals surface area contributed by atoms with E-state index >= 15 is 0 Å². The molecule has 1 fully saturated rings. The number of aryl methyl sites for hydroxylation is 1. The Balaban J connectivity index is 2.18. The molecular weight excluding hydrogens is 316 g/mol. The van der Waals surface area contributed by atoms with E-state index < -0.39 is 0 Å². The SMILES string of the molecule is CCCn1c(C)cc(/C=C(\C#N)C(=O)N2CCC(C(N)=O)CC2)c1C. The van der Waals surface area contributed by atoms with Gasteiger partial charge in [0.15, 0.2) is 0 Å². The van der Waals surface area contributed by atoms with Crippen molar-refractivity contribution in [3.05, 3.63) is 28.6 Å². The summed E-state index contributed by atoms with van der Waals surface area (Å²) in [7, 11) is 0. The minimum absolute atomic E-state index is 0.134. The maximum Gasteiger partial charge on any atom is 0.264 e. The molecule has 0 radical (unpaired) electrons. The number of aromatic nitrogens is 1. The molecular formula is C19H26N4O2. The summed E-state index contributed by atoms with van der Waals surface area (Å²) >= 11 is 0. The van der Waals surface area contributed by atoms with Crippen molar-refractivity contribution in [2.75, 3.05) is 13.1 Å². The van der Waals surface area contributed by atoms with Crippen LogP contribution >= 0.6 is 0 Å². The minimum Gasteiger partial charge on any atom is -0.369 e. The number of carbonyl (C=O) groups is 2. The average molecular weight is 342 g/mol. The summed E-state index contributed by atoms with van der Waals surface area (Å²) in [5, 5.41) is 9.45. The smallest absolute Gasteiger partial charge is 0.264 e. The van der Waals surface area contributed by atoms with Crippen LogP contribution in [0.5, 0.6) is 0 Å². The third-order valence-electron chi connectivity index (χ3n) is 4.90. The topological polar surface area (TPSA) is 92.1 Å². The summed E-state index contributed by atoms with van der Waals surface area (Å²) in [4.78, 5) is 25.5. The van der Waals surface area contributed by atoms with Crippen molar-refractivity contribution < 1.29 is 9.59 Å². The Morgan fingerprint density at radius 1 is 1.36 bits per heavy atom. The summed E-state index contributed by atoms with van der Waals surface area (Å²) < 4.78 is 2.20. The molecule has 0 atom stereocenters. The van der Waals surface area contributed by atoms with Crippen molar-refractivity contribution in [1.82, 2.24) is 9.47 Å². The number of nitrogens with two attached hydrogens (primary N) is 1. The first-order chi connectivity index (χ1) is 11.9. The summed E-state index contributed by atoms with van der Waals surface area (Å²) in [6, 6.07) is 4.05. The molecule has 1 saturated heterocycles. The van der Waals surface area contributed by atoms with Crippen LogP contribution in [0.15, 0.2) is 11.6 Å². The maximum atomic E-state index is 12.7. The minimum atomic E-state index is -0.313. The molecule has 2 rings (SSSR count). The normalized spacial score (nSPS) is 15.9. The van der Waals surface area contributed by atoms with Gasteiger partial charge in [-0.2, -0.15) is 5.26 Å². The molecule has 6 heteroatoms. The van der Waals surface area contributed by atoms with E-state index in [0.717, 1.165) is 29.9 Å². The fraction of sp³-hybridized carbons (Fsp3) is 0.526. The Morgan fingerprint density at radius 2 is 2.00 bits per heavy atom. The van der Waals surface area contributed by atoms with Gasteiger partial charge in [-0.1, -0.05) is 6.92 Å². The molecule has 0 saturated carbocycles. The molecule has 2 N–H and O–H groups in total. The lowest BCUT2D eigenvalue weighted by Gasteiger charge is -2.30. The highest BCUT2D eigenvalue weighted by Gasteiger charge is 2.27. The van der Waals surface area contributed by atoms with Gasteiger partial charge in [0, 0.05) is 36.9 Å². The lowest BCUT2D eigenvalue weighted by atomic mass is 9.96. The highest BCUT2D eigenvalue weighted by atomic mass is 16.2. The van der Waals surface area contributed by atoms with Crippen LogP contribution in [0.4, 0.5) is 0 Å². The Morgan fingerprint density at radius 3 is 2.52 bits per heavy atom. The molecule has 25 heavy (non-hydrogen) atoms. The van der Waals surface area contributed by atoms with Gasteiger partial charge >= 0.3 is 0 Å². The van der Waals surface area contributed by atoms with Gasteiger partial charge in [0.25, 0.3) is 5.91 Å². The van der Waals surface area contributed by atoms with Crippen molar-refractivity contribution >= 4 is 17.9 Å². The van der Waals surface area contributed by atoms with Gasteiger partial charge in [0.1, 0.15) is 11.6 Å². The number of amides is 2. The van der Waals surface area contributed by atoms with E-state index in [4.69, 9.17) is 5.73 Å². The number of primary amides is 1. The Bertz CT molecular complexity index is 731. The van der Waals surface area contributed by atoms with Crippen LogP contribution in [0.1, 0.15) is 43.1 Å². The fourth-order valence-corrected chi connectivity index (χ4v) is 3.38. The molecule has 0 unspecified atom stereocenters. The van der Waals surface area contributed by atoms with Gasteiger partial charge < -0.3 is 15.2 Å². The molecule has 0 aromatic carbocycles. The number of hydrogen-bond donors (Lipinski definition) is 1. The molecule has 134 valence electrons. The van der Waals surface area contributed by atoms with Crippen LogP contribution in [0.2, 0.25) is 0 Å². The highest BCUT2D eigenvalue weighted by Crippen LogP contribution is 2.22. The fourth-order valence-electron chi connectivity index (χ4n) is 3.38. The number of nitrogens with zero attached hydrogens (tertiary/aromatic N) is 3. The Kier molecular flexibility index (Phi) is 6.02. The second-order valence-corrected chi connectivity index (χ2v) is 6.62. The predicted molar refractivity (Wildman–Crippen MR) is 96.3 cm³/mol. The summed E-state index contributed by atoms with van der Waals surface area (Å²) in [5.74, 6) is -0.760. The largest absolute Gasteiger partial charge is 0.369 e. The van der Waals surface area contributed by atoms with Crippen LogP contribution < -0.4 is 5.73 Å². The first-order valence-electron chi connectivity index (χ1n) is 8.76. The zero-order valence-electron chi connectivity index (χ0n) is 15.2. The number of carbonyl (C=O) groups excluding carboxylic acids is 2. The third kappa shape index (κ3) is 4.11. The van der Waals surface area contributed by atoms with E-state index in [-0.39, 0.29) is 23.3 Å². The summed E-state index contributed by atoms with van der Waals surface area (Å²) in [6.45, 7) is 7.99. The second-order valence-electron chi connectivity index (χ2n) is 6.62. The van der Waals surface area contributed by atoms with Crippen LogP contribution in [0, 0.1) is 31.1 Å². The first kappa shape index (κ1) is 18.8. The van der Waals surface area contributed by atoms with Crippen molar-refractivity contribution in [2.24, 2.45) is 11.7 Å². The van der Waals surface area contributed by atoms with E-state index in [1.165, 1.54) is 0 Å². The van der Waals surface area contributed by atoms with Crippen LogP contribution in [-0.2, 0) is 16.1 Å². The van der Waals surface area contributed by atoms with Gasteiger partial charge in [-0.05, 0) is 50.8 Å². The summed E-state index contributed by atoms with van der Waals surface area (Å²) in [5.41, 5.74) is 8.55. The third-order valence-corrected chi connectivity index (χ3v) is 4.90. The molecule has 1 aromatic rings. The van der Waals surface area contributed by atoms with Gasteiger partial charge in [0.05, 0.1) is 0 Å². The lowest BCUT2D eigenvalue weighted by Crippen LogP contribution is -2.42. The zero-order valence-corrected chi connectivity index (χ0v) is 15.2. The number of piperidine rings is 1. The number of nitriles is 1. The zero-order chi connectivity index (χ0) is 18.6. The quantitative estimate of drug-likeness (QED) is 0.656. The average Bonchev–Trinajstić information content (AvgIpc) is 2.87. The van der Waals surface area contributed by atoms with E-state index in [9.17, 15) is 14.9 Å². The van der Waals surface area contributed by atoms with Crippen LogP contribution in [0.3, 0.4) is 0 Å². The monoisotopic (exact) mass is 342 g/mol. The number of hydrogen-bond acceptors (Lipinski definition) is 3. The van der Waals surface area contributed by atoms with Crippen LogP contribution in [0.25, 0.3) is 6.08 Å². The number of rotatable bonds is 5. The first-order valence-corrected chi connectivity index (χ1v) is 8.76. The standard InChI is InChI=1S/C19H26N4O2/c1-4-7-23-13(2)10-16(14(23)3)11-17(12-20)19(25)22-8-5-15(6-9-22)18(21)24/h10-11,15H,4-9H2,1-3H3,(H2,21,24)/b17-11+. The van der Waals surface area contributed by atoms with Gasteiger partial charge in [0.2, 0.25) is 5.91 Å². The van der Waals surface area contributed by atoms with Gasteiger partial charge in [-0.25, -0.2) is 0 Å². The molecule has 1 aliphatic heterocycles. The van der Waals surface area contributed by atoms with E-state index in [1.807, 2.05) is 26.0 Å². The van der Waals surface area contributed by atoms with Crippen LogP contribution in [-0.4, -0.2) is 34.4 Å². The Labute approximate surface area is 148 Å². The molecule has 1 aliphatic rings. The van der Waals surface area contributed by atoms with Crippen molar-refractivity contribution in [3.8, 4) is 6.07 Å². The second kappa shape index (κ2) is 8.02. The molecule has 0 spiro atoms. The molecule has 6 nitrogen and oxygen atoms in total. The Hall–Kier alpha value is -2.55. The molecule has 0 bridgehead atoms. The lowest BCUT2D eigenvalue weighted by molar-refractivity contribution is -0.131. The molecule has 1 aromatic heterocycles. The van der Waals surface area contributed by atoms with E-state index in [0.29, 0.717) is 25.9 Å².